The smallest absolute Gasteiger partial charge is 0.221 e. The van der Waals surface area contributed by atoms with Gasteiger partial charge < -0.3 is 5.32 Å². The van der Waals surface area contributed by atoms with Crippen molar-refractivity contribution >= 4 is 5.91 Å². The molecule has 1 heterocycles. The fourth-order valence-corrected chi connectivity index (χ4v) is 3.01. The lowest BCUT2D eigenvalue weighted by molar-refractivity contribution is -0.124. The summed E-state index contributed by atoms with van der Waals surface area (Å²) in [6.07, 6.45) is 10.6. The first-order chi connectivity index (χ1) is 8.98. The molecule has 1 N–H and O–H groups in total. The van der Waals surface area contributed by atoms with Crippen LogP contribution in [0.15, 0.2) is 12.4 Å². The standard InChI is InChI=1S/C15H25N3O/c1-12(13-10-16-18(3)11-13)17-14(19)9-15(2)7-5-4-6-8-15/h10-12H,4-9H2,1-3H3,(H,17,19). The number of carbonyl (C=O) groups is 1. The molecule has 1 saturated carbocycles. The van der Waals surface area contributed by atoms with E-state index in [0.29, 0.717) is 6.42 Å². The molecule has 0 aromatic carbocycles. The lowest BCUT2D eigenvalue weighted by Crippen LogP contribution is -2.33. The van der Waals surface area contributed by atoms with Crippen LogP contribution >= 0.6 is 0 Å². The molecule has 1 aromatic rings. The normalized spacial score (nSPS) is 19.9. The number of aromatic nitrogens is 2. The SMILES string of the molecule is CC(NC(=O)CC1(C)CCCCC1)c1cnn(C)c1. The van der Waals surface area contributed by atoms with Crippen LogP contribution in [-0.4, -0.2) is 15.7 Å². The largest absolute Gasteiger partial charge is 0.349 e. The minimum atomic E-state index is 0.0355. The van der Waals surface area contributed by atoms with E-state index in [1.165, 1.54) is 32.1 Å². The van der Waals surface area contributed by atoms with Gasteiger partial charge in [-0.15, -0.1) is 0 Å². The Morgan fingerprint density at radius 3 is 2.74 bits per heavy atom. The summed E-state index contributed by atoms with van der Waals surface area (Å²) in [5.74, 6) is 0.167. The van der Waals surface area contributed by atoms with E-state index in [0.717, 1.165) is 5.56 Å². The van der Waals surface area contributed by atoms with E-state index < -0.39 is 0 Å². The molecule has 0 spiro atoms. The average Bonchev–Trinajstić information content (AvgIpc) is 2.76. The van der Waals surface area contributed by atoms with Gasteiger partial charge in [0.25, 0.3) is 0 Å². The van der Waals surface area contributed by atoms with Crippen LogP contribution in [0.5, 0.6) is 0 Å². The van der Waals surface area contributed by atoms with Crippen LogP contribution in [0.1, 0.15) is 64.0 Å². The Hall–Kier alpha value is -1.32. The van der Waals surface area contributed by atoms with Crippen molar-refractivity contribution in [3.8, 4) is 0 Å². The molecule has 19 heavy (non-hydrogen) atoms. The van der Waals surface area contributed by atoms with Crippen LogP contribution in [0, 0.1) is 5.41 Å². The van der Waals surface area contributed by atoms with E-state index in [1.54, 1.807) is 4.68 Å². The molecule has 1 unspecified atom stereocenters. The Kier molecular flexibility index (Phi) is 4.27. The first-order valence-electron chi connectivity index (χ1n) is 7.26. The molecule has 2 rings (SSSR count). The second-order valence-corrected chi connectivity index (χ2v) is 6.28. The van der Waals surface area contributed by atoms with Gasteiger partial charge in [0.05, 0.1) is 12.2 Å². The maximum Gasteiger partial charge on any atom is 0.221 e. The summed E-state index contributed by atoms with van der Waals surface area (Å²) in [5, 5.41) is 7.23. The highest BCUT2D eigenvalue weighted by molar-refractivity contribution is 5.77. The van der Waals surface area contributed by atoms with Crippen molar-refractivity contribution in [3.05, 3.63) is 18.0 Å². The topological polar surface area (TPSA) is 46.9 Å². The van der Waals surface area contributed by atoms with E-state index in [2.05, 4.69) is 17.3 Å². The highest BCUT2D eigenvalue weighted by Gasteiger charge is 2.29. The average molecular weight is 263 g/mol. The van der Waals surface area contributed by atoms with Crippen LogP contribution in [0.4, 0.5) is 0 Å². The Balaban J connectivity index is 1.87. The lowest BCUT2D eigenvalue weighted by atomic mass is 9.73. The summed E-state index contributed by atoms with van der Waals surface area (Å²) in [6.45, 7) is 4.26. The summed E-state index contributed by atoms with van der Waals surface area (Å²) in [7, 11) is 1.89. The number of nitrogens with zero attached hydrogens (tertiary/aromatic N) is 2. The number of aryl methyl sites for hydroxylation is 1. The lowest BCUT2D eigenvalue weighted by Gasteiger charge is -2.33. The quantitative estimate of drug-likeness (QED) is 0.908. The zero-order chi connectivity index (χ0) is 13.9. The molecule has 4 nitrogen and oxygen atoms in total. The Morgan fingerprint density at radius 2 is 2.16 bits per heavy atom. The molecular formula is C15H25N3O. The Bertz CT molecular complexity index is 432. The van der Waals surface area contributed by atoms with Gasteiger partial charge in [-0.25, -0.2) is 0 Å². The highest BCUT2D eigenvalue weighted by Crippen LogP contribution is 2.38. The zero-order valence-corrected chi connectivity index (χ0v) is 12.3. The Labute approximate surface area is 115 Å². The maximum atomic E-state index is 12.2. The van der Waals surface area contributed by atoms with Gasteiger partial charge in [0.15, 0.2) is 0 Å². The number of nitrogens with one attached hydrogen (secondary N) is 1. The predicted octanol–water partition coefficient (Wildman–Crippen LogP) is 2.96. The van der Waals surface area contributed by atoms with Crippen LogP contribution in [0.2, 0.25) is 0 Å². The van der Waals surface area contributed by atoms with Crippen LogP contribution < -0.4 is 5.32 Å². The third-order valence-electron chi connectivity index (χ3n) is 4.25. The van der Waals surface area contributed by atoms with Gasteiger partial charge in [0.2, 0.25) is 5.91 Å². The van der Waals surface area contributed by atoms with E-state index in [-0.39, 0.29) is 17.4 Å². The third kappa shape index (κ3) is 3.82. The summed E-state index contributed by atoms with van der Waals surface area (Å²) < 4.78 is 1.76. The molecule has 1 fully saturated rings. The predicted molar refractivity (Wildman–Crippen MR) is 75.6 cm³/mol. The molecule has 0 aliphatic heterocycles. The summed E-state index contributed by atoms with van der Waals surface area (Å²) in [5.41, 5.74) is 1.27. The van der Waals surface area contributed by atoms with E-state index in [9.17, 15) is 4.79 Å². The maximum absolute atomic E-state index is 12.2. The van der Waals surface area contributed by atoms with Crippen molar-refractivity contribution in [3.63, 3.8) is 0 Å². The molecule has 0 radical (unpaired) electrons. The summed E-state index contributed by atoms with van der Waals surface area (Å²) in [4.78, 5) is 12.2. The molecule has 1 atom stereocenters. The number of hydrogen-bond acceptors (Lipinski definition) is 2. The molecular weight excluding hydrogens is 238 g/mol. The highest BCUT2D eigenvalue weighted by atomic mass is 16.1. The second-order valence-electron chi connectivity index (χ2n) is 6.28. The minimum Gasteiger partial charge on any atom is -0.349 e. The zero-order valence-electron chi connectivity index (χ0n) is 12.3. The van der Waals surface area contributed by atoms with Crippen molar-refractivity contribution in [1.29, 1.82) is 0 Å². The summed E-state index contributed by atoms with van der Waals surface area (Å²) in [6, 6.07) is 0.0355. The van der Waals surface area contributed by atoms with Crippen LogP contribution in [0.25, 0.3) is 0 Å². The number of carbonyl (C=O) groups excluding carboxylic acids is 1. The molecule has 1 amide bonds. The first-order valence-corrected chi connectivity index (χ1v) is 7.26. The molecule has 1 aliphatic carbocycles. The van der Waals surface area contributed by atoms with E-state index in [4.69, 9.17) is 0 Å². The Morgan fingerprint density at radius 1 is 1.47 bits per heavy atom. The van der Waals surface area contributed by atoms with Gasteiger partial charge in [0.1, 0.15) is 0 Å². The third-order valence-corrected chi connectivity index (χ3v) is 4.25. The van der Waals surface area contributed by atoms with Gasteiger partial charge in [0, 0.05) is 25.2 Å². The van der Waals surface area contributed by atoms with Crippen molar-refractivity contribution in [1.82, 2.24) is 15.1 Å². The van der Waals surface area contributed by atoms with Crippen molar-refractivity contribution in [2.24, 2.45) is 12.5 Å². The molecule has 0 saturated heterocycles. The fourth-order valence-electron chi connectivity index (χ4n) is 3.01. The van der Waals surface area contributed by atoms with Gasteiger partial charge >= 0.3 is 0 Å². The van der Waals surface area contributed by atoms with E-state index >= 15 is 0 Å². The van der Waals surface area contributed by atoms with Crippen LogP contribution in [0.3, 0.4) is 0 Å². The van der Waals surface area contributed by atoms with Crippen molar-refractivity contribution < 1.29 is 4.79 Å². The molecule has 1 aromatic heterocycles. The number of amides is 1. The fraction of sp³-hybridized carbons (Fsp3) is 0.733. The van der Waals surface area contributed by atoms with Gasteiger partial charge in [-0.2, -0.15) is 5.10 Å². The summed E-state index contributed by atoms with van der Waals surface area (Å²) >= 11 is 0. The van der Waals surface area contributed by atoms with Crippen molar-refractivity contribution in [2.75, 3.05) is 0 Å². The second kappa shape index (κ2) is 5.76. The molecule has 1 aliphatic rings. The molecule has 106 valence electrons. The number of rotatable bonds is 4. The van der Waals surface area contributed by atoms with Gasteiger partial charge in [-0.3, -0.25) is 9.48 Å². The van der Waals surface area contributed by atoms with Crippen LogP contribution in [-0.2, 0) is 11.8 Å². The van der Waals surface area contributed by atoms with Gasteiger partial charge in [-0.05, 0) is 25.2 Å². The first kappa shape index (κ1) is 14.1. The van der Waals surface area contributed by atoms with Gasteiger partial charge in [-0.1, -0.05) is 26.2 Å². The molecule has 4 heteroatoms. The monoisotopic (exact) mass is 263 g/mol. The minimum absolute atomic E-state index is 0.0355. The number of hydrogen-bond donors (Lipinski definition) is 1. The van der Waals surface area contributed by atoms with E-state index in [1.807, 2.05) is 26.4 Å². The molecule has 0 bridgehead atoms. The van der Waals surface area contributed by atoms with Crippen molar-refractivity contribution in [2.45, 2.75) is 58.4 Å².